The zero-order valence-electron chi connectivity index (χ0n) is 13.5. The van der Waals surface area contributed by atoms with Crippen molar-refractivity contribution in [2.75, 3.05) is 5.32 Å². The Morgan fingerprint density at radius 2 is 1.78 bits per heavy atom. The molecule has 1 aromatic carbocycles. The predicted molar refractivity (Wildman–Crippen MR) is 89.0 cm³/mol. The van der Waals surface area contributed by atoms with E-state index >= 15 is 0 Å². The minimum atomic E-state index is -0.181. The fraction of sp³-hybridized carbons (Fsp3) is 0.333. The van der Waals surface area contributed by atoms with Crippen molar-refractivity contribution in [2.45, 2.75) is 33.2 Å². The molecule has 1 aromatic heterocycles. The Balaban J connectivity index is 1.90. The largest absolute Gasteiger partial charge is 0.467 e. The molecule has 1 heterocycles. The van der Waals surface area contributed by atoms with Gasteiger partial charge in [0, 0.05) is 17.2 Å². The van der Waals surface area contributed by atoms with Gasteiger partial charge in [0.05, 0.1) is 12.8 Å². The number of carbonyl (C=O) groups excluding carboxylic acids is 2. The number of amides is 2. The maximum atomic E-state index is 12.0. The topological polar surface area (TPSA) is 71.3 Å². The van der Waals surface area contributed by atoms with E-state index in [4.69, 9.17) is 4.42 Å². The molecular formula is C18H22N2O3. The molecule has 0 spiro atoms. The Bertz CT molecular complexity index is 629. The molecule has 5 nitrogen and oxygen atoms in total. The second-order valence-corrected chi connectivity index (χ2v) is 5.34. The molecule has 0 saturated carbocycles. The fourth-order valence-electron chi connectivity index (χ4n) is 2.29. The summed E-state index contributed by atoms with van der Waals surface area (Å²) in [6.45, 7) is 4.35. The smallest absolute Gasteiger partial charge is 0.251 e. The van der Waals surface area contributed by atoms with Gasteiger partial charge in [0.2, 0.25) is 5.91 Å². The first-order valence-electron chi connectivity index (χ1n) is 7.85. The second kappa shape index (κ2) is 8.17. The van der Waals surface area contributed by atoms with Gasteiger partial charge in [-0.1, -0.05) is 13.8 Å². The highest BCUT2D eigenvalue weighted by Gasteiger charge is 2.14. The Morgan fingerprint density at radius 1 is 1.09 bits per heavy atom. The van der Waals surface area contributed by atoms with Gasteiger partial charge < -0.3 is 15.1 Å². The summed E-state index contributed by atoms with van der Waals surface area (Å²) in [5.74, 6) is 0.558. The first-order chi connectivity index (χ1) is 11.1. The molecule has 2 amide bonds. The first-order valence-corrected chi connectivity index (χ1v) is 7.85. The summed E-state index contributed by atoms with van der Waals surface area (Å²) in [4.78, 5) is 24.1. The van der Waals surface area contributed by atoms with Gasteiger partial charge in [-0.15, -0.1) is 0 Å². The molecule has 2 N–H and O–H groups in total. The van der Waals surface area contributed by atoms with Crippen molar-refractivity contribution in [1.82, 2.24) is 5.32 Å². The maximum absolute atomic E-state index is 12.0. The molecule has 122 valence electrons. The predicted octanol–water partition coefficient (Wildman–Crippen LogP) is 3.58. The Hall–Kier alpha value is -2.56. The number of nitrogens with one attached hydrogen (secondary N) is 2. The van der Waals surface area contributed by atoms with E-state index in [9.17, 15) is 9.59 Å². The van der Waals surface area contributed by atoms with Gasteiger partial charge in [0.1, 0.15) is 5.76 Å². The lowest BCUT2D eigenvalue weighted by Crippen LogP contribution is -2.23. The highest BCUT2D eigenvalue weighted by molar-refractivity contribution is 5.96. The lowest BCUT2D eigenvalue weighted by molar-refractivity contribution is -0.120. The van der Waals surface area contributed by atoms with Gasteiger partial charge in [-0.25, -0.2) is 0 Å². The van der Waals surface area contributed by atoms with Crippen LogP contribution in [0.2, 0.25) is 0 Å². The van der Waals surface area contributed by atoms with Crippen molar-refractivity contribution < 1.29 is 14.0 Å². The van der Waals surface area contributed by atoms with Crippen LogP contribution in [0.15, 0.2) is 47.1 Å². The van der Waals surface area contributed by atoms with Crippen LogP contribution in [-0.4, -0.2) is 11.8 Å². The molecule has 2 rings (SSSR count). The summed E-state index contributed by atoms with van der Waals surface area (Å²) in [5, 5.41) is 5.66. The van der Waals surface area contributed by atoms with Gasteiger partial charge in [-0.3, -0.25) is 9.59 Å². The van der Waals surface area contributed by atoms with Crippen LogP contribution in [0.4, 0.5) is 5.69 Å². The van der Waals surface area contributed by atoms with Gasteiger partial charge >= 0.3 is 0 Å². The van der Waals surface area contributed by atoms with E-state index in [1.165, 1.54) is 0 Å². The number of benzene rings is 1. The molecule has 23 heavy (non-hydrogen) atoms. The average Bonchev–Trinajstić information content (AvgIpc) is 3.08. The quantitative estimate of drug-likeness (QED) is 0.820. The molecule has 0 aliphatic rings. The Kier molecular flexibility index (Phi) is 5.97. The van der Waals surface area contributed by atoms with E-state index in [1.54, 1.807) is 42.7 Å². The molecule has 0 aliphatic heterocycles. The minimum Gasteiger partial charge on any atom is -0.467 e. The van der Waals surface area contributed by atoms with E-state index in [1.807, 2.05) is 13.8 Å². The first kappa shape index (κ1) is 16.8. The molecule has 0 aliphatic carbocycles. The second-order valence-electron chi connectivity index (χ2n) is 5.34. The normalized spacial score (nSPS) is 10.6. The summed E-state index contributed by atoms with van der Waals surface area (Å²) in [6, 6.07) is 10.4. The molecule has 0 saturated heterocycles. The van der Waals surface area contributed by atoms with E-state index in [-0.39, 0.29) is 17.7 Å². The Labute approximate surface area is 136 Å². The standard InChI is InChI=1S/C18H22N2O3/c1-3-13(4-2)18(22)20-15-9-7-14(8-10-15)17(21)19-12-16-6-5-11-23-16/h5-11,13H,3-4,12H2,1-2H3,(H,19,21)(H,20,22). The third-order valence-corrected chi connectivity index (χ3v) is 3.77. The van der Waals surface area contributed by atoms with Crippen molar-refractivity contribution in [1.29, 1.82) is 0 Å². The summed E-state index contributed by atoms with van der Waals surface area (Å²) in [6.07, 6.45) is 3.20. The lowest BCUT2D eigenvalue weighted by Gasteiger charge is -2.13. The van der Waals surface area contributed by atoms with Crippen molar-refractivity contribution >= 4 is 17.5 Å². The summed E-state index contributed by atoms with van der Waals surface area (Å²) < 4.78 is 5.16. The monoisotopic (exact) mass is 314 g/mol. The van der Waals surface area contributed by atoms with Crippen molar-refractivity contribution in [3.63, 3.8) is 0 Å². The van der Waals surface area contributed by atoms with Crippen LogP contribution in [0.3, 0.4) is 0 Å². The minimum absolute atomic E-state index is 0.0185. The van der Waals surface area contributed by atoms with Gasteiger partial charge in [-0.05, 0) is 49.2 Å². The van der Waals surface area contributed by atoms with Crippen LogP contribution in [0.5, 0.6) is 0 Å². The van der Waals surface area contributed by atoms with E-state index in [0.717, 1.165) is 12.8 Å². The number of carbonyl (C=O) groups is 2. The summed E-state index contributed by atoms with van der Waals surface area (Å²) >= 11 is 0. The molecular weight excluding hydrogens is 292 g/mol. The highest BCUT2D eigenvalue weighted by Crippen LogP contribution is 2.14. The van der Waals surface area contributed by atoms with Crippen LogP contribution in [-0.2, 0) is 11.3 Å². The zero-order chi connectivity index (χ0) is 16.7. The van der Waals surface area contributed by atoms with Crippen LogP contribution in [0.25, 0.3) is 0 Å². The van der Waals surface area contributed by atoms with E-state index in [0.29, 0.717) is 23.6 Å². The van der Waals surface area contributed by atoms with Crippen LogP contribution in [0.1, 0.15) is 42.8 Å². The van der Waals surface area contributed by atoms with Crippen molar-refractivity contribution in [2.24, 2.45) is 5.92 Å². The molecule has 0 bridgehead atoms. The summed E-state index contributed by atoms with van der Waals surface area (Å²) in [7, 11) is 0. The third kappa shape index (κ3) is 4.71. The number of hydrogen-bond donors (Lipinski definition) is 2. The van der Waals surface area contributed by atoms with Gasteiger partial charge in [-0.2, -0.15) is 0 Å². The SMILES string of the molecule is CCC(CC)C(=O)Nc1ccc(C(=O)NCc2ccco2)cc1. The van der Waals surface area contributed by atoms with E-state index < -0.39 is 0 Å². The van der Waals surface area contributed by atoms with Crippen molar-refractivity contribution in [3.05, 3.63) is 54.0 Å². The third-order valence-electron chi connectivity index (χ3n) is 3.77. The number of hydrogen-bond acceptors (Lipinski definition) is 3. The zero-order valence-corrected chi connectivity index (χ0v) is 13.5. The number of furan rings is 1. The van der Waals surface area contributed by atoms with Gasteiger partial charge in [0.15, 0.2) is 0 Å². The molecule has 0 radical (unpaired) electrons. The lowest BCUT2D eigenvalue weighted by atomic mass is 10.0. The van der Waals surface area contributed by atoms with Crippen LogP contribution >= 0.6 is 0 Å². The van der Waals surface area contributed by atoms with Crippen molar-refractivity contribution in [3.8, 4) is 0 Å². The highest BCUT2D eigenvalue weighted by atomic mass is 16.3. The number of anilines is 1. The molecule has 0 unspecified atom stereocenters. The fourth-order valence-corrected chi connectivity index (χ4v) is 2.29. The maximum Gasteiger partial charge on any atom is 0.251 e. The van der Waals surface area contributed by atoms with Crippen LogP contribution < -0.4 is 10.6 Å². The van der Waals surface area contributed by atoms with E-state index in [2.05, 4.69) is 10.6 Å². The molecule has 0 fully saturated rings. The number of rotatable bonds is 7. The van der Waals surface area contributed by atoms with Crippen LogP contribution in [0, 0.1) is 5.92 Å². The molecule has 5 heteroatoms. The average molecular weight is 314 g/mol. The Morgan fingerprint density at radius 3 is 2.35 bits per heavy atom. The molecule has 0 atom stereocenters. The van der Waals surface area contributed by atoms with Gasteiger partial charge in [0.25, 0.3) is 5.91 Å². The molecule has 2 aromatic rings. The summed E-state index contributed by atoms with van der Waals surface area (Å²) in [5.41, 5.74) is 1.24.